The predicted octanol–water partition coefficient (Wildman–Crippen LogP) is 1.53. The molecule has 0 aliphatic rings. The van der Waals surface area contributed by atoms with Crippen LogP contribution in [0.5, 0.6) is 5.88 Å². The molecule has 0 atom stereocenters. The van der Waals surface area contributed by atoms with Crippen LogP contribution in [0, 0.1) is 0 Å². The molecular weight excluding hydrogens is 322 g/mol. The highest BCUT2D eigenvalue weighted by Gasteiger charge is 2.17. The fourth-order valence-corrected chi connectivity index (χ4v) is 2.60. The van der Waals surface area contributed by atoms with Crippen molar-refractivity contribution in [3.05, 3.63) is 45.1 Å². The Morgan fingerprint density at radius 1 is 1.28 bits per heavy atom. The molecule has 2 aromatic heterocycles. The molecule has 25 heavy (non-hydrogen) atoms. The SMILES string of the molecule is CCCCn1c(O)c(C(CC)=NCCCn2ccnc2)c(=O)[nH]c1=O. The Balaban J connectivity index is 2.22. The highest BCUT2D eigenvalue weighted by Crippen LogP contribution is 2.14. The monoisotopic (exact) mass is 347 g/mol. The first-order chi connectivity index (χ1) is 12.1. The molecule has 136 valence electrons. The molecule has 2 aromatic rings. The van der Waals surface area contributed by atoms with Crippen LogP contribution in [0.25, 0.3) is 0 Å². The largest absolute Gasteiger partial charge is 0.494 e. The highest BCUT2D eigenvalue weighted by molar-refractivity contribution is 6.01. The Kier molecular flexibility index (Phi) is 6.73. The summed E-state index contributed by atoms with van der Waals surface area (Å²) in [6.07, 6.45) is 8.24. The highest BCUT2D eigenvalue weighted by atomic mass is 16.3. The van der Waals surface area contributed by atoms with Crippen LogP contribution < -0.4 is 11.2 Å². The van der Waals surface area contributed by atoms with Gasteiger partial charge in [-0.25, -0.2) is 9.78 Å². The van der Waals surface area contributed by atoms with Gasteiger partial charge in [0.1, 0.15) is 5.56 Å². The van der Waals surface area contributed by atoms with Gasteiger partial charge in [-0.05, 0) is 19.3 Å². The quantitative estimate of drug-likeness (QED) is 0.530. The second kappa shape index (κ2) is 9.00. The number of H-pyrrole nitrogens is 1. The number of rotatable bonds is 9. The maximum absolute atomic E-state index is 12.2. The van der Waals surface area contributed by atoms with Gasteiger partial charge in [0, 0.05) is 32.0 Å². The summed E-state index contributed by atoms with van der Waals surface area (Å²) >= 11 is 0. The molecule has 2 rings (SSSR count). The number of aromatic hydroxyl groups is 1. The maximum Gasteiger partial charge on any atom is 0.331 e. The molecule has 0 amide bonds. The van der Waals surface area contributed by atoms with E-state index in [4.69, 9.17) is 0 Å². The van der Waals surface area contributed by atoms with E-state index < -0.39 is 11.2 Å². The lowest BCUT2D eigenvalue weighted by Gasteiger charge is -2.12. The van der Waals surface area contributed by atoms with Crippen molar-refractivity contribution in [2.45, 2.75) is 52.6 Å². The van der Waals surface area contributed by atoms with Crippen molar-refractivity contribution >= 4 is 5.71 Å². The van der Waals surface area contributed by atoms with Crippen LogP contribution in [0.15, 0.2) is 33.3 Å². The molecule has 0 bridgehead atoms. The van der Waals surface area contributed by atoms with Gasteiger partial charge >= 0.3 is 5.69 Å². The second-order valence-electron chi connectivity index (χ2n) is 5.80. The summed E-state index contributed by atoms with van der Waals surface area (Å²) in [7, 11) is 0. The van der Waals surface area contributed by atoms with E-state index in [1.165, 1.54) is 4.57 Å². The van der Waals surface area contributed by atoms with Gasteiger partial charge in [0.25, 0.3) is 5.56 Å². The maximum atomic E-state index is 12.2. The van der Waals surface area contributed by atoms with Crippen molar-refractivity contribution < 1.29 is 5.11 Å². The fraction of sp³-hybridized carbons (Fsp3) is 0.529. The smallest absolute Gasteiger partial charge is 0.331 e. The molecule has 0 aliphatic carbocycles. The summed E-state index contributed by atoms with van der Waals surface area (Å²) in [4.78, 5) is 34.8. The van der Waals surface area contributed by atoms with Crippen molar-refractivity contribution in [2.24, 2.45) is 4.99 Å². The number of aliphatic imine (C=N–C) groups is 1. The molecule has 2 heterocycles. The Hall–Kier alpha value is -2.64. The average molecular weight is 347 g/mol. The zero-order chi connectivity index (χ0) is 18.2. The van der Waals surface area contributed by atoms with Crippen LogP contribution >= 0.6 is 0 Å². The number of hydrogen-bond donors (Lipinski definition) is 2. The Morgan fingerprint density at radius 2 is 2.08 bits per heavy atom. The lowest BCUT2D eigenvalue weighted by atomic mass is 10.1. The third-order valence-electron chi connectivity index (χ3n) is 3.97. The number of nitrogens with zero attached hydrogens (tertiary/aromatic N) is 4. The number of aromatic nitrogens is 4. The average Bonchev–Trinajstić information content (AvgIpc) is 3.10. The molecule has 0 unspecified atom stereocenters. The summed E-state index contributed by atoms with van der Waals surface area (Å²) in [6, 6.07) is 0. The molecular formula is C17H25N5O3. The molecule has 0 radical (unpaired) electrons. The zero-order valence-corrected chi connectivity index (χ0v) is 14.7. The van der Waals surface area contributed by atoms with Gasteiger partial charge in [0.05, 0.1) is 12.0 Å². The lowest BCUT2D eigenvalue weighted by molar-refractivity contribution is 0.394. The molecule has 0 saturated carbocycles. The van der Waals surface area contributed by atoms with Crippen LogP contribution in [-0.4, -0.2) is 36.5 Å². The van der Waals surface area contributed by atoms with E-state index in [1.54, 1.807) is 12.5 Å². The number of imidazole rings is 1. The van der Waals surface area contributed by atoms with Gasteiger partial charge in [-0.3, -0.25) is 19.3 Å². The number of aromatic amines is 1. The molecule has 0 aliphatic heterocycles. The third kappa shape index (κ3) is 4.68. The Morgan fingerprint density at radius 3 is 2.72 bits per heavy atom. The van der Waals surface area contributed by atoms with Crippen LogP contribution in [0.4, 0.5) is 0 Å². The standard InChI is InChI=1S/C17H25N5O3/c1-3-5-10-22-16(24)14(15(23)20-17(22)25)13(4-2)19-7-6-9-21-11-8-18-12-21/h8,11-12,24H,3-7,9-10H2,1-2H3,(H,20,23,25). The minimum atomic E-state index is -0.592. The first kappa shape index (κ1) is 18.7. The first-order valence-electron chi connectivity index (χ1n) is 8.64. The molecule has 8 heteroatoms. The molecule has 0 saturated heterocycles. The summed E-state index contributed by atoms with van der Waals surface area (Å²) in [6.45, 7) is 5.53. The first-order valence-corrected chi connectivity index (χ1v) is 8.64. The molecule has 0 aromatic carbocycles. The zero-order valence-electron chi connectivity index (χ0n) is 14.7. The normalized spacial score (nSPS) is 11.8. The van der Waals surface area contributed by atoms with E-state index >= 15 is 0 Å². The van der Waals surface area contributed by atoms with E-state index in [9.17, 15) is 14.7 Å². The van der Waals surface area contributed by atoms with Crippen LogP contribution in [0.2, 0.25) is 0 Å². The Bertz CT molecular complexity index is 818. The van der Waals surface area contributed by atoms with Crippen molar-refractivity contribution in [1.82, 2.24) is 19.1 Å². The fourth-order valence-electron chi connectivity index (χ4n) is 2.60. The van der Waals surface area contributed by atoms with Gasteiger partial charge in [0.2, 0.25) is 5.88 Å². The van der Waals surface area contributed by atoms with E-state index in [0.717, 1.165) is 25.8 Å². The van der Waals surface area contributed by atoms with Crippen molar-refractivity contribution in [3.63, 3.8) is 0 Å². The molecule has 0 fully saturated rings. The van der Waals surface area contributed by atoms with Gasteiger partial charge < -0.3 is 9.67 Å². The van der Waals surface area contributed by atoms with Crippen molar-refractivity contribution in [1.29, 1.82) is 0 Å². The van der Waals surface area contributed by atoms with E-state index in [0.29, 0.717) is 25.2 Å². The van der Waals surface area contributed by atoms with Gasteiger partial charge in [-0.15, -0.1) is 0 Å². The van der Waals surface area contributed by atoms with Crippen molar-refractivity contribution in [3.8, 4) is 5.88 Å². The van der Waals surface area contributed by atoms with Gasteiger partial charge in [-0.1, -0.05) is 20.3 Å². The van der Waals surface area contributed by atoms with E-state index in [2.05, 4.69) is 15.0 Å². The van der Waals surface area contributed by atoms with Gasteiger partial charge in [0.15, 0.2) is 0 Å². The predicted molar refractivity (Wildman–Crippen MR) is 96.4 cm³/mol. The van der Waals surface area contributed by atoms with Crippen LogP contribution in [0.1, 0.15) is 45.1 Å². The third-order valence-corrected chi connectivity index (χ3v) is 3.97. The summed E-state index contributed by atoms with van der Waals surface area (Å²) < 4.78 is 3.16. The van der Waals surface area contributed by atoms with E-state index in [-0.39, 0.29) is 11.4 Å². The summed E-state index contributed by atoms with van der Waals surface area (Å²) in [5.74, 6) is -0.294. The van der Waals surface area contributed by atoms with Crippen LogP contribution in [0.3, 0.4) is 0 Å². The van der Waals surface area contributed by atoms with E-state index in [1.807, 2.05) is 24.6 Å². The minimum absolute atomic E-state index is 0.0980. The molecule has 2 N–H and O–H groups in total. The lowest BCUT2D eigenvalue weighted by Crippen LogP contribution is -2.34. The number of nitrogens with one attached hydrogen (secondary N) is 1. The van der Waals surface area contributed by atoms with Gasteiger partial charge in [-0.2, -0.15) is 0 Å². The number of hydrogen-bond acceptors (Lipinski definition) is 5. The van der Waals surface area contributed by atoms with Crippen LogP contribution in [-0.2, 0) is 13.1 Å². The molecule has 0 spiro atoms. The number of unbranched alkanes of at least 4 members (excludes halogenated alkanes) is 1. The second-order valence-corrected chi connectivity index (χ2v) is 5.80. The number of aryl methyl sites for hydroxylation is 1. The Labute approximate surface area is 145 Å². The van der Waals surface area contributed by atoms with Crippen molar-refractivity contribution in [2.75, 3.05) is 6.54 Å². The summed E-state index contributed by atoms with van der Waals surface area (Å²) in [5, 5.41) is 10.4. The summed E-state index contributed by atoms with van der Waals surface area (Å²) in [5.41, 5.74) is -0.573. The minimum Gasteiger partial charge on any atom is -0.494 e. The molecule has 8 nitrogen and oxygen atoms in total. The topological polar surface area (TPSA) is 105 Å².